The predicted octanol–water partition coefficient (Wildman–Crippen LogP) is 3.90. The Balaban J connectivity index is 2.25. The second kappa shape index (κ2) is 6.26. The SMILES string of the molecule is O=C(O)/C(=C\c1ccccc1)N=Nc1ccccc1. The molecule has 0 saturated heterocycles. The fourth-order valence-electron chi connectivity index (χ4n) is 1.45. The zero-order valence-electron chi connectivity index (χ0n) is 10.1. The lowest BCUT2D eigenvalue weighted by molar-refractivity contribution is -0.132. The van der Waals surface area contributed by atoms with Gasteiger partial charge in [0.2, 0.25) is 0 Å². The molecule has 0 aliphatic heterocycles. The van der Waals surface area contributed by atoms with Crippen molar-refractivity contribution in [2.45, 2.75) is 0 Å². The number of hydrogen-bond donors (Lipinski definition) is 1. The van der Waals surface area contributed by atoms with Crippen LogP contribution in [0.1, 0.15) is 5.56 Å². The summed E-state index contributed by atoms with van der Waals surface area (Å²) in [5.74, 6) is -1.11. The van der Waals surface area contributed by atoms with Crippen LogP contribution in [0.5, 0.6) is 0 Å². The van der Waals surface area contributed by atoms with Gasteiger partial charge in [-0.25, -0.2) is 4.79 Å². The normalized spacial score (nSPS) is 11.7. The van der Waals surface area contributed by atoms with E-state index in [-0.39, 0.29) is 5.70 Å². The molecule has 0 amide bonds. The molecule has 2 rings (SSSR count). The molecule has 0 spiro atoms. The van der Waals surface area contributed by atoms with Gasteiger partial charge in [0.25, 0.3) is 0 Å². The van der Waals surface area contributed by atoms with E-state index in [1.165, 1.54) is 6.08 Å². The van der Waals surface area contributed by atoms with Crippen LogP contribution in [0.25, 0.3) is 6.08 Å². The van der Waals surface area contributed by atoms with Gasteiger partial charge in [0, 0.05) is 0 Å². The molecule has 0 atom stereocenters. The molecule has 0 fully saturated rings. The van der Waals surface area contributed by atoms with Gasteiger partial charge in [-0.15, -0.1) is 5.11 Å². The number of hydrogen-bond acceptors (Lipinski definition) is 3. The first kappa shape index (κ1) is 12.7. The maximum atomic E-state index is 11.1. The molecule has 2 aromatic rings. The number of azo groups is 1. The summed E-state index contributed by atoms with van der Waals surface area (Å²) in [4.78, 5) is 11.1. The van der Waals surface area contributed by atoms with Crippen molar-refractivity contribution in [3.8, 4) is 0 Å². The van der Waals surface area contributed by atoms with E-state index in [1.54, 1.807) is 24.3 Å². The second-order valence-corrected chi connectivity index (χ2v) is 3.78. The lowest BCUT2D eigenvalue weighted by atomic mass is 10.2. The minimum atomic E-state index is -1.11. The second-order valence-electron chi connectivity index (χ2n) is 3.78. The van der Waals surface area contributed by atoms with Gasteiger partial charge in [0.05, 0.1) is 5.69 Å². The Kier molecular flexibility index (Phi) is 4.18. The Morgan fingerprint density at radius 1 is 0.947 bits per heavy atom. The van der Waals surface area contributed by atoms with Gasteiger partial charge in [0.15, 0.2) is 5.70 Å². The summed E-state index contributed by atoms with van der Waals surface area (Å²) in [6.45, 7) is 0. The summed E-state index contributed by atoms with van der Waals surface area (Å²) >= 11 is 0. The lowest BCUT2D eigenvalue weighted by Crippen LogP contribution is -1.96. The van der Waals surface area contributed by atoms with Crippen molar-refractivity contribution in [1.29, 1.82) is 0 Å². The van der Waals surface area contributed by atoms with E-state index < -0.39 is 5.97 Å². The van der Waals surface area contributed by atoms with Crippen molar-refractivity contribution >= 4 is 17.7 Å². The summed E-state index contributed by atoms with van der Waals surface area (Å²) in [5.41, 5.74) is 1.28. The van der Waals surface area contributed by atoms with E-state index in [9.17, 15) is 4.79 Å². The third-order valence-electron chi connectivity index (χ3n) is 2.35. The fraction of sp³-hybridized carbons (Fsp3) is 0. The topological polar surface area (TPSA) is 62.0 Å². The van der Waals surface area contributed by atoms with E-state index in [0.29, 0.717) is 5.69 Å². The Hall–Kier alpha value is -2.75. The van der Waals surface area contributed by atoms with Crippen LogP contribution in [0.4, 0.5) is 5.69 Å². The lowest BCUT2D eigenvalue weighted by Gasteiger charge is -1.95. The average Bonchev–Trinajstić information content (AvgIpc) is 2.45. The molecule has 0 saturated carbocycles. The molecule has 94 valence electrons. The zero-order chi connectivity index (χ0) is 13.5. The van der Waals surface area contributed by atoms with E-state index in [1.807, 2.05) is 36.4 Å². The van der Waals surface area contributed by atoms with Crippen LogP contribution >= 0.6 is 0 Å². The summed E-state index contributed by atoms with van der Waals surface area (Å²) in [7, 11) is 0. The molecule has 0 unspecified atom stereocenters. The fourth-order valence-corrected chi connectivity index (χ4v) is 1.45. The third-order valence-corrected chi connectivity index (χ3v) is 2.35. The molecule has 19 heavy (non-hydrogen) atoms. The van der Waals surface area contributed by atoms with E-state index in [0.717, 1.165) is 5.56 Å². The summed E-state index contributed by atoms with van der Waals surface area (Å²) in [5, 5.41) is 16.8. The highest BCUT2D eigenvalue weighted by molar-refractivity contribution is 5.91. The Morgan fingerprint density at radius 2 is 1.53 bits per heavy atom. The number of aliphatic carboxylic acids is 1. The van der Waals surface area contributed by atoms with Crippen molar-refractivity contribution < 1.29 is 9.90 Å². The molecule has 0 aliphatic rings. The van der Waals surface area contributed by atoms with Gasteiger partial charge in [-0.05, 0) is 23.8 Å². The third kappa shape index (κ3) is 3.89. The van der Waals surface area contributed by atoms with E-state index in [2.05, 4.69) is 10.2 Å². The van der Waals surface area contributed by atoms with Crippen LogP contribution in [0.3, 0.4) is 0 Å². The average molecular weight is 252 g/mol. The quantitative estimate of drug-likeness (QED) is 0.662. The number of nitrogens with zero attached hydrogens (tertiary/aromatic N) is 2. The molecule has 0 bridgehead atoms. The molecular formula is C15H12N2O2. The zero-order valence-corrected chi connectivity index (χ0v) is 10.1. The van der Waals surface area contributed by atoms with Crippen LogP contribution in [0.15, 0.2) is 76.6 Å². The highest BCUT2D eigenvalue weighted by Crippen LogP contribution is 2.14. The number of carbonyl (C=O) groups is 1. The van der Waals surface area contributed by atoms with Gasteiger partial charge in [-0.2, -0.15) is 5.11 Å². The van der Waals surface area contributed by atoms with Gasteiger partial charge in [-0.1, -0.05) is 48.5 Å². The van der Waals surface area contributed by atoms with Crippen LogP contribution in [0.2, 0.25) is 0 Å². The molecular weight excluding hydrogens is 240 g/mol. The van der Waals surface area contributed by atoms with E-state index >= 15 is 0 Å². The van der Waals surface area contributed by atoms with Gasteiger partial charge < -0.3 is 5.11 Å². The highest BCUT2D eigenvalue weighted by Gasteiger charge is 2.05. The molecule has 4 nitrogen and oxygen atoms in total. The first-order valence-electron chi connectivity index (χ1n) is 5.72. The van der Waals surface area contributed by atoms with Crippen LogP contribution in [-0.4, -0.2) is 11.1 Å². The molecule has 0 aliphatic carbocycles. The van der Waals surface area contributed by atoms with Crippen molar-refractivity contribution in [1.82, 2.24) is 0 Å². The van der Waals surface area contributed by atoms with Crippen LogP contribution in [0, 0.1) is 0 Å². The minimum absolute atomic E-state index is 0.102. The number of rotatable bonds is 4. The highest BCUT2D eigenvalue weighted by atomic mass is 16.4. The summed E-state index contributed by atoms with van der Waals surface area (Å²) in [6.07, 6.45) is 1.48. The Morgan fingerprint density at radius 3 is 2.11 bits per heavy atom. The first-order chi connectivity index (χ1) is 9.25. The minimum Gasteiger partial charge on any atom is -0.476 e. The molecule has 0 radical (unpaired) electrons. The van der Waals surface area contributed by atoms with E-state index in [4.69, 9.17) is 5.11 Å². The van der Waals surface area contributed by atoms with Crippen LogP contribution in [-0.2, 0) is 4.79 Å². The molecule has 0 heterocycles. The van der Waals surface area contributed by atoms with Crippen molar-refractivity contribution in [2.75, 3.05) is 0 Å². The largest absolute Gasteiger partial charge is 0.476 e. The molecule has 0 aromatic heterocycles. The van der Waals surface area contributed by atoms with Gasteiger partial charge >= 0.3 is 5.97 Å². The molecule has 1 N–H and O–H groups in total. The Labute approximate surface area is 110 Å². The number of carboxylic acid groups (broad SMARTS) is 1. The Bertz CT molecular complexity index is 605. The molecule has 2 aromatic carbocycles. The summed E-state index contributed by atoms with van der Waals surface area (Å²) in [6, 6.07) is 18.1. The smallest absolute Gasteiger partial charge is 0.356 e. The predicted molar refractivity (Wildman–Crippen MR) is 73.0 cm³/mol. The van der Waals surface area contributed by atoms with Crippen molar-refractivity contribution in [3.05, 3.63) is 71.9 Å². The number of carboxylic acids is 1. The standard InChI is InChI=1S/C15H12N2O2/c18-15(19)14(11-12-7-3-1-4-8-12)17-16-13-9-5-2-6-10-13/h1-11H,(H,18,19)/b14-11+,17-16?. The van der Waals surface area contributed by atoms with Gasteiger partial charge in [0.1, 0.15) is 0 Å². The summed E-state index contributed by atoms with van der Waals surface area (Å²) < 4.78 is 0. The first-order valence-corrected chi connectivity index (χ1v) is 5.72. The van der Waals surface area contributed by atoms with Crippen molar-refractivity contribution in [2.24, 2.45) is 10.2 Å². The number of benzene rings is 2. The molecule has 4 heteroatoms. The van der Waals surface area contributed by atoms with Gasteiger partial charge in [-0.3, -0.25) is 0 Å². The van der Waals surface area contributed by atoms with Crippen LogP contribution < -0.4 is 0 Å². The maximum Gasteiger partial charge on any atom is 0.356 e. The maximum absolute atomic E-state index is 11.1. The van der Waals surface area contributed by atoms with Crippen molar-refractivity contribution in [3.63, 3.8) is 0 Å². The monoisotopic (exact) mass is 252 g/mol.